The van der Waals surface area contributed by atoms with E-state index in [1.54, 1.807) is 11.8 Å². The van der Waals surface area contributed by atoms with Gasteiger partial charge in [0, 0.05) is 22.9 Å². The highest BCUT2D eigenvalue weighted by Gasteiger charge is 2.34. The van der Waals surface area contributed by atoms with Gasteiger partial charge in [0.2, 0.25) is 0 Å². The molecule has 1 amide bonds. The molecule has 0 aliphatic carbocycles. The van der Waals surface area contributed by atoms with Crippen molar-refractivity contribution in [2.75, 3.05) is 18.9 Å². The third-order valence-electron chi connectivity index (χ3n) is 4.51. The van der Waals surface area contributed by atoms with Crippen molar-refractivity contribution in [3.8, 4) is 0 Å². The number of thiophene rings is 1. The van der Waals surface area contributed by atoms with Crippen molar-refractivity contribution in [2.45, 2.75) is 33.2 Å². The standard InChI is InChI=1S/C19H22N2O3S/c1-4-24-19(23)21-9-12(3)15-14(10-21)25-18(20)16(15)17(22)13-8-6-5-7-11(13)2/h5-8,12H,4,9-10,20H2,1-3H3. The molecule has 0 spiro atoms. The number of rotatable bonds is 3. The third kappa shape index (κ3) is 3.14. The molecule has 25 heavy (non-hydrogen) atoms. The van der Waals surface area contributed by atoms with Gasteiger partial charge < -0.3 is 15.4 Å². The number of hydrogen-bond donors (Lipinski definition) is 1. The summed E-state index contributed by atoms with van der Waals surface area (Å²) in [6.45, 7) is 7.04. The molecule has 132 valence electrons. The molecule has 0 fully saturated rings. The van der Waals surface area contributed by atoms with E-state index in [2.05, 4.69) is 0 Å². The van der Waals surface area contributed by atoms with Crippen LogP contribution in [-0.2, 0) is 11.3 Å². The van der Waals surface area contributed by atoms with E-state index >= 15 is 0 Å². The highest BCUT2D eigenvalue weighted by atomic mass is 32.1. The van der Waals surface area contributed by atoms with Crippen molar-refractivity contribution < 1.29 is 14.3 Å². The fourth-order valence-electron chi connectivity index (χ4n) is 3.36. The van der Waals surface area contributed by atoms with Crippen LogP contribution in [0.1, 0.15) is 51.7 Å². The van der Waals surface area contributed by atoms with Gasteiger partial charge in [0.05, 0.1) is 23.7 Å². The second-order valence-electron chi connectivity index (χ2n) is 6.30. The number of ketones is 1. The number of nitrogens with zero attached hydrogens (tertiary/aromatic N) is 1. The van der Waals surface area contributed by atoms with Crippen molar-refractivity contribution >= 4 is 28.2 Å². The fourth-order valence-corrected chi connectivity index (χ4v) is 4.56. The van der Waals surface area contributed by atoms with E-state index in [0.29, 0.717) is 35.8 Å². The minimum absolute atomic E-state index is 0.0321. The molecular formula is C19H22N2O3S. The number of aryl methyl sites for hydroxylation is 1. The highest BCUT2D eigenvalue weighted by Crippen LogP contribution is 2.41. The van der Waals surface area contributed by atoms with Gasteiger partial charge in [-0.1, -0.05) is 31.2 Å². The average Bonchev–Trinajstić information content (AvgIpc) is 2.91. The normalized spacial score (nSPS) is 16.4. The molecule has 2 N–H and O–H groups in total. The Kier molecular flexibility index (Phi) is 4.81. The predicted octanol–water partition coefficient (Wildman–Crippen LogP) is 3.95. The lowest BCUT2D eigenvalue weighted by Crippen LogP contribution is -2.37. The third-order valence-corrected chi connectivity index (χ3v) is 5.53. The molecule has 1 unspecified atom stereocenters. The number of ether oxygens (including phenoxy) is 1. The molecule has 0 radical (unpaired) electrons. The Bertz CT molecular complexity index is 828. The molecule has 6 heteroatoms. The van der Waals surface area contributed by atoms with Gasteiger partial charge in [-0.3, -0.25) is 4.79 Å². The summed E-state index contributed by atoms with van der Waals surface area (Å²) in [5.41, 5.74) is 9.41. The van der Waals surface area contributed by atoms with E-state index in [1.165, 1.54) is 11.3 Å². The SMILES string of the molecule is CCOC(=O)N1Cc2sc(N)c(C(=O)c3ccccc3C)c2C(C)C1. The van der Waals surface area contributed by atoms with Crippen LogP contribution in [-0.4, -0.2) is 29.9 Å². The first-order valence-electron chi connectivity index (χ1n) is 8.37. The Labute approximate surface area is 151 Å². The maximum absolute atomic E-state index is 13.1. The number of carbonyl (C=O) groups is 2. The minimum Gasteiger partial charge on any atom is -0.450 e. The Morgan fingerprint density at radius 3 is 2.76 bits per heavy atom. The van der Waals surface area contributed by atoms with Crippen LogP contribution < -0.4 is 5.73 Å². The first-order chi connectivity index (χ1) is 11.9. The molecule has 2 heterocycles. The number of nitrogen functional groups attached to an aromatic ring is 1. The summed E-state index contributed by atoms with van der Waals surface area (Å²) >= 11 is 1.40. The monoisotopic (exact) mass is 358 g/mol. The molecule has 1 aliphatic rings. The zero-order chi connectivity index (χ0) is 18.1. The van der Waals surface area contributed by atoms with E-state index in [1.807, 2.05) is 38.1 Å². The van der Waals surface area contributed by atoms with E-state index in [-0.39, 0.29) is 17.8 Å². The summed E-state index contributed by atoms with van der Waals surface area (Å²) in [6, 6.07) is 7.54. The van der Waals surface area contributed by atoms with Gasteiger partial charge in [-0.2, -0.15) is 0 Å². The van der Waals surface area contributed by atoms with Gasteiger partial charge in [-0.15, -0.1) is 11.3 Å². The predicted molar refractivity (Wildman–Crippen MR) is 99.2 cm³/mol. The minimum atomic E-state index is -0.321. The number of anilines is 1. The van der Waals surface area contributed by atoms with Crippen molar-refractivity contribution in [1.82, 2.24) is 4.90 Å². The molecule has 1 aromatic carbocycles. The number of fused-ring (bicyclic) bond motifs is 1. The second-order valence-corrected chi connectivity index (χ2v) is 7.44. The van der Waals surface area contributed by atoms with Gasteiger partial charge in [-0.05, 0) is 25.0 Å². The maximum Gasteiger partial charge on any atom is 0.410 e. The number of amides is 1. The number of hydrogen-bond acceptors (Lipinski definition) is 5. The fraction of sp³-hybridized carbons (Fsp3) is 0.368. The molecular weight excluding hydrogens is 336 g/mol. The molecule has 0 saturated carbocycles. The summed E-state index contributed by atoms with van der Waals surface area (Å²) < 4.78 is 5.11. The van der Waals surface area contributed by atoms with Gasteiger partial charge in [0.1, 0.15) is 0 Å². The summed E-state index contributed by atoms with van der Waals surface area (Å²) in [5.74, 6) is -0.00536. The Morgan fingerprint density at radius 2 is 2.08 bits per heavy atom. The smallest absolute Gasteiger partial charge is 0.410 e. The molecule has 3 rings (SSSR count). The van der Waals surface area contributed by atoms with Gasteiger partial charge in [-0.25, -0.2) is 4.79 Å². The lowest BCUT2D eigenvalue weighted by Gasteiger charge is -2.30. The highest BCUT2D eigenvalue weighted by molar-refractivity contribution is 7.16. The van der Waals surface area contributed by atoms with Crippen LogP contribution in [0.25, 0.3) is 0 Å². The largest absolute Gasteiger partial charge is 0.450 e. The van der Waals surface area contributed by atoms with E-state index in [0.717, 1.165) is 16.0 Å². The zero-order valence-electron chi connectivity index (χ0n) is 14.7. The molecule has 0 bridgehead atoms. The first kappa shape index (κ1) is 17.5. The maximum atomic E-state index is 13.1. The topological polar surface area (TPSA) is 72.6 Å². The van der Waals surface area contributed by atoms with Crippen LogP contribution in [0.5, 0.6) is 0 Å². The summed E-state index contributed by atoms with van der Waals surface area (Å²) in [4.78, 5) is 27.8. The molecule has 0 saturated heterocycles. The van der Waals surface area contributed by atoms with Crippen LogP contribution in [0.2, 0.25) is 0 Å². The molecule has 5 nitrogen and oxygen atoms in total. The Balaban J connectivity index is 1.99. The summed E-state index contributed by atoms with van der Waals surface area (Å²) in [5, 5.41) is 0.524. The average molecular weight is 358 g/mol. The van der Waals surface area contributed by atoms with E-state index in [9.17, 15) is 9.59 Å². The Hall–Kier alpha value is -2.34. The van der Waals surface area contributed by atoms with Crippen molar-refractivity contribution in [3.63, 3.8) is 0 Å². The number of benzene rings is 1. The van der Waals surface area contributed by atoms with Gasteiger partial charge in [0.25, 0.3) is 0 Å². The van der Waals surface area contributed by atoms with Crippen LogP contribution in [0.15, 0.2) is 24.3 Å². The van der Waals surface area contributed by atoms with Crippen LogP contribution >= 0.6 is 11.3 Å². The van der Waals surface area contributed by atoms with Crippen LogP contribution in [0.4, 0.5) is 9.80 Å². The molecule has 2 aromatic rings. The zero-order valence-corrected chi connectivity index (χ0v) is 15.5. The van der Waals surface area contributed by atoms with Crippen LogP contribution in [0, 0.1) is 6.92 Å². The van der Waals surface area contributed by atoms with Gasteiger partial charge in [0.15, 0.2) is 5.78 Å². The summed E-state index contributed by atoms with van der Waals surface area (Å²) in [7, 11) is 0. The first-order valence-corrected chi connectivity index (χ1v) is 9.18. The molecule has 1 aromatic heterocycles. The lowest BCUT2D eigenvalue weighted by molar-refractivity contribution is 0.0995. The van der Waals surface area contributed by atoms with Crippen molar-refractivity contribution in [3.05, 3.63) is 51.4 Å². The van der Waals surface area contributed by atoms with Crippen molar-refractivity contribution in [2.24, 2.45) is 0 Å². The second kappa shape index (κ2) is 6.88. The van der Waals surface area contributed by atoms with Gasteiger partial charge >= 0.3 is 6.09 Å². The van der Waals surface area contributed by atoms with Crippen molar-refractivity contribution in [1.29, 1.82) is 0 Å². The molecule has 1 aliphatic heterocycles. The quantitative estimate of drug-likeness (QED) is 0.843. The number of nitrogens with two attached hydrogens (primary N) is 1. The van der Waals surface area contributed by atoms with E-state index in [4.69, 9.17) is 10.5 Å². The number of carbonyl (C=O) groups excluding carboxylic acids is 2. The van der Waals surface area contributed by atoms with E-state index < -0.39 is 0 Å². The lowest BCUT2D eigenvalue weighted by atomic mass is 9.89. The summed E-state index contributed by atoms with van der Waals surface area (Å²) in [6.07, 6.45) is -0.321. The molecule has 1 atom stereocenters. The Morgan fingerprint density at radius 1 is 1.36 bits per heavy atom. The van der Waals surface area contributed by atoms with Crippen LogP contribution in [0.3, 0.4) is 0 Å².